The number of nitrogens with one attached hydrogen (secondary N) is 2. The average Bonchev–Trinajstić information content (AvgIpc) is 2.14. The Hall–Kier alpha value is -0.710. The van der Waals surface area contributed by atoms with E-state index in [0.29, 0.717) is 11.1 Å². The molecule has 0 spiro atoms. The number of H-pyrrole nitrogens is 1. The van der Waals surface area contributed by atoms with Gasteiger partial charge >= 0.3 is 0 Å². The van der Waals surface area contributed by atoms with Gasteiger partial charge in [-0.2, -0.15) is 4.98 Å². The molecule has 0 radical (unpaired) electrons. The number of hydrogen-bond acceptors (Lipinski definition) is 4. The molecule has 0 bridgehead atoms. The number of nitrogens with zero attached hydrogens (tertiary/aromatic N) is 2. The van der Waals surface area contributed by atoms with Gasteiger partial charge in [-0.1, -0.05) is 0 Å². The molecule has 1 aromatic rings. The summed E-state index contributed by atoms with van der Waals surface area (Å²) in [7, 11) is 1.75. The van der Waals surface area contributed by atoms with Crippen LogP contribution in [-0.2, 0) is 0 Å². The van der Waals surface area contributed by atoms with Crippen molar-refractivity contribution in [2.45, 2.75) is 5.16 Å². The van der Waals surface area contributed by atoms with Crippen LogP contribution in [-0.4, -0.2) is 22.2 Å². The number of anilines is 1. The van der Waals surface area contributed by atoms with E-state index in [4.69, 9.17) is 0 Å². The summed E-state index contributed by atoms with van der Waals surface area (Å²) in [5.74, 6) is 0.565. The molecule has 0 aliphatic rings. The van der Waals surface area contributed by atoms with Crippen LogP contribution in [0.2, 0.25) is 0 Å². The fraction of sp³-hybridized carbons (Fsp3) is 0.333. The molecule has 1 heterocycles. The maximum absolute atomic E-state index is 3.89. The number of hydrogen-bond donors (Lipinski definition) is 3. The Balaban J connectivity index is 2.84. The molecule has 0 amide bonds. The van der Waals surface area contributed by atoms with Crippen LogP contribution < -0.4 is 5.32 Å². The Labute approximate surface area is 52.1 Å². The van der Waals surface area contributed by atoms with E-state index in [1.165, 1.54) is 0 Å². The smallest absolute Gasteiger partial charge is 0.242 e. The van der Waals surface area contributed by atoms with E-state index in [0.717, 1.165) is 0 Å². The summed E-state index contributed by atoms with van der Waals surface area (Å²) in [4.78, 5) is 3.82. The first-order valence-corrected chi connectivity index (χ1v) is 2.57. The van der Waals surface area contributed by atoms with Crippen LogP contribution in [0, 0.1) is 0 Å². The lowest BCUT2D eigenvalue weighted by Crippen LogP contribution is -1.88. The molecule has 0 aliphatic heterocycles. The van der Waals surface area contributed by atoms with E-state index >= 15 is 0 Å². The van der Waals surface area contributed by atoms with Gasteiger partial charge in [-0.05, 0) is 0 Å². The highest BCUT2D eigenvalue weighted by atomic mass is 32.1. The van der Waals surface area contributed by atoms with E-state index < -0.39 is 0 Å². The second kappa shape index (κ2) is 2.04. The maximum Gasteiger partial charge on any atom is 0.242 e. The lowest BCUT2D eigenvalue weighted by molar-refractivity contribution is 0.980. The van der Waals surface area contributed by atoms with Gasteiger partial charge in [-0.3, -0.25) is 5.10 Å². The Bertz CT molecular complexity index is 172. The zero-order valence-corrected chi connectivity index (χ0v) is 5.24. The van der Waals surface area contributed by atoms with Crippen LogP contribution in [0.15, 0.2) is 5.16 Å². The molecule has 2 N–H and O–H groups in total. The zero-order valence-electron chi connectivity index (χ0n) is 4.34. The molecule has 44 valence electrons. The Morgan fingerprint density at radius 3 is 2.75 bits per heavy atom. The largest absolute Gasteiger partial charge is 0.356 e. The molecule has 0 aromatic carbocycles. The molecule has 0 unspecified atom stereocenters. The third kappa shape index (κ3) is 0.919. The van der Waals surface area contributed by atoms with Crippen LogP contribution in [0.5, 0.6) is 0 Å². The number of aromatic nitrogens is 3. The number of thiol groups is 1. The molecule has 0 saturated heterocycles. The van der Waals surface area contributed by atoms with Gasteiger partial charge < -0.3 is 5.32 Å². The minimum Gasteiger partial charge on any atom is -0.356 e. The van der Waals surface area contributed by atoms with Gasteiger partial charge in [0.05, 0.1) is 0 Å². The third-order valence-corrected chi connectivity index (χ3v) is 0.897. The summed E-state index contributed by atoms with van der Waals surface area (Å²) in [5, 5.41) is 9.54. The van der Waals surface area contributed by atoms with Gasteiger partial charge in [0.15, 0.2) is 5.16 Å². The molecular weight excluding hydrogens is 124 g/mol. The standard InChI is InChI=1S/C3H6N4S/c1-4-2-5-3(8)7-6-2/h1H3,(H3,4,5,6,7,8). The monoisotopic (exact) mass is 130 g/mol. The van der Waals surface area contributed by atoms with Gasteiger partial charge in [0.25, 0.3) is 0 Å². The summed E-state index contributed by atoms with van der Waals surface area (Å²) in [6, 6.07) is 0. The van der Waals surface area contributed by atoms with E-state index in [2.05, 4.69) is 33.1 Å². The van der Waals surface area contributed by atoms with Crippen molar-refractivity contribution < 1.29 is 0 Å². The summed E-state index contributed by atoms with van der Waals surface area (Å²) < 4.78 is 0. The molecule has 5 heteroatoms. The van der Waals surface area contributed by atoms with Crippen molar-refractivity contribution in [3.05, 3.63) is 0 Å². The highest BCUT2D eigenvalue weighted by Crippen LogP contribution is 1.98. The Morgan fingerprint density at radius 2 is 2.50 bits per heavy atom. The van der Waals surface area contributed by atoms with Crippen molar-refractivity contribution in [2.24, 2.45) is 0 Å². The second-order valence-electron chi connectivity index (χ2n) is 1.23. The van der Waals surface area contributed by atoms with Crippen LogP contribution in [0.25, 0.3) is 0 Å². The molecular formula is C3H6N4S. The minimum absolute atomic E-state index is 0.523. The Morgan fingerprint density at radius 1 is 1.75 bits per heavy atom. The first kappa shape index (κ1) is 5.43. The summed E-state index contributed by atoms with van der Waals surface area (Å²) in [6.45, 7) is 0. The van der Waals surface area contributed by atoms with Crippen molar-refractivity contribution in [2.75, 3.05) is 12.4 Å². The molecule has 4 nitrogen and oxygen atoms in total. The molecule has 0 aliphatic carbocycles. The summed E-state index contributed by atoms with van der Waals surface area (Å²) in [5.41, 5.74) is 0. The summed E-state index contributed by atoms with van der Waals surface area (Å²) >= 11 is 3.89. The predicted octanol–water partition coefficient (Wildman–Crippen LogP) is 0.135. The number of rotatable bonds is 1. The second-order valence-corrected chi connectivity index (χ2v) is 1.66. The van der Waals surface area contributed by atoms with Crippen LogP contribution in [0.3, 0.4) is 0 Å². The molecule has 1 aromatic heterocycles. The van der Waals surface area contributed by atoms with Crippen LogP contribution >= 0.6 is 12.6 Å². The Kier molecular flexibility index (Phi) is 1.38. The normalized spacial score (nSPS) is 9.25. The van der Waals surface area contributed by atoms with E-state index in [1.807, 2.05) is 0 Å². The van der Waals surface area contributed by atoms with Gasteiger partial charge in [-0.15, -0.1) is 17.7 Å². The quantitative estimate of drug-likeness (QED) is 0.474. The molecule has 0 saturated carbocycles. The fourth-order valence-corrected chi connectivity index (χ4v) is 0.510. The predicted molar refractivity (Wildman–Crippen MR) is 33.2 cm³/mol. The first-order chi connectivity index (χ1) is 3.83. The van der Waals surface area contributed by atoms with E-state index in [-0.39, 0.29) is 0 Å². The average molecular weight is 130 g/mol. The van der Waals surface area contributed by atoms with Crippen LogP contribution in [0.4, 0.5) is 5.95 Å². The zero-order chi connectivity index (χ0) is 5.98. The van der Waals surface area contributed by atoms with Crippen molar-refractivity contribution in [1.82, 2.24) is 15.2 Å². The highest BCUT2D eigenvalue weighted by Gasteiger charge is 1.91. The third-order valence-electron chi connectivity index (χ3n) is 0.697. The molecule has 8 heavy (non-hydrogen) atoms. The molecule has 0 atom stereocenters. The number of aromatic amines is 1. The lowest BCUT2D eigenvalue weighted by Gasteiger charge is -1.82. The SMILES string of the molecule is CNc1n[nH]c(S)n1. The highest BCUT2D eigenvalue weighted by molar-refractivity contribution is 7.80. The topological polar surface area (TPSA) is 53.6 Å². The van der Waals surface area contributed by atoms with Crippen molar-refractivity contribution in [3.8, 4) is 0 Å². The minimum atomic E-state index is 0.523. The first-order valence-electron chi connectivity index (χ1n) is 2.12. The van der Waals surface area contributed by atoms with Gasteiger partial charge in [-0.25, -0.2) is 0 Å². The van der Waals surface area contributed by atoms with Gasteiger partial charge in [0, 0.05) is 7.05 Å². The molecule has 0 fully saturated rings. The van der Waals surface area contributed by atoms with E-state index in [9.17, 15) is 0 Å². The van der Waals surface area contributed by atoms with Crippen molar-refractivity contribution in [1.29, 1.82) is 0 Å². The molecule has 1 rings (SSSR count). The maximum atomic E-state index is 3.89. The van der Waals surface area contributed by atoms with Crippen molar-refractivity contribution in [3.63, 3.8) is 0 Å². The van der Waals surface area contributed by atoms with Gasteiger partial charge in [0.2, 0.25) is 5.95 Å². The van der Waals surface area contributed by atoms with Gasteiger partial charge in [0.1, 0.15) is 0 Å². The summed E-state index contributed by atoms with van der Waals surface area (Å²) in [6.07, 6.45) is 0. The fourth-order valence-electron chi connectivity index (χ4n) is 0.365. The van der Waals surface area contributed by atoms with E-state index in [1.54, 1.807) is 7.05 Å². The lowest BCUT2D eigenvalue weighted by atomic mass is 11.0. The van der Waals surface area contributed by atoms with Crippen molar-refractivity contribution >= 4 is 18.6 Å². The van der Waals surface area contributed by atoms with Crippen LogP contribution in [0.1, 0.15) is 0 Å².